The minimum atomic E-state index is -4.99. The molecule has 17 heteroatoms. The average Bonchev–Trinajstić information content (AvgIpc) is 3.58. The highest BCUT2D eigenvalue weighted by Gasteiger charge is 2.41. The van der Waals surface area contributed by atoms with E-state index < -0.39 is 35.8 Å². The molecule has 1 fully saturated rings. The van der Waals surface area contributed by atoms with Gasteiger partial charge in [0.1, 0.15) is 5.02 Å². The third kappa shape index (κ3) is 7.11. The molecule has 0 amide bonds. The van der Waals surface area contributed by atoms with E-state index in [1.165, 1.54) is 13.3 Å². The number of aliphatic imine (C=N–C) groups is 1. The summed E-state index contributed by atoms with van der Waals surface area (Å²) in [5.74, 6) is 0.327. The van der Waals surface area contributed by atoms with Crippen molar-refractivity contribution in [3.05, 3.63) is 75.5 Å². The van der Waals surface area contributed by atoms with Gasteiger partial charge < -0.3 is 15.0 Å². The van der Waals surface area contributed by atoms with Crippen molar-refractivity contribution in [2.24, 2.45) is 12.0 Å². The predicted octanol–water partition coefficient (Wildman–Crippen LogP) is 5.65. The van der Waals surface area contributed by atoms with Crippen LogP contribution in [0, 0.1) is 0 Å². The van der Waals surface area contributed by atoms with Gasteiger partial charge in [-0.2, -0.15) is 36.4 Å². The molecular formula is C27H26Cl2F6N8O. The van der Waals surface area contributed by atoms with Crippen molar-refractivity contribution in [1.29, 1.82) is 0 Å². The SMILES string of the molecule is COC[C@@H]1CC(N(Cc2cc(C(F)(F)F)cc(C(F)(F)F)c2)C2N=CC(c3cnn(C)c3)=CN2)CN1c1nc(Cl)ncc1Cl. The van der Waals surface area contributed by atoms with Crippen LogP contribution in [0.15, 0.2) is 48.0 Å². The van der Waals surface area contributed by atoms with Gasteiger partial charge in [-0.05, 0) is 41.8 Å². The summed E-state index contributed by atoms with van der Waals surface area (Å²) in [6, 6.07) is 0.808. The third-order valence-corrected chi connectivity index (χ3v) is 7.75. The number of anilines is 1. The average molecular weight is 663 g/mol. The number of hydrogen-bond donors (Lipinski definition) is 1. The Kier molecular flexibility index (Phi) is 9.12. The van der Waals surface area contributed by atoms with Crippen LogP contribution in [-0.2, 0) is 30.7 Å². The Balaban J connectivity index is 1.52. The van der Waals surface area contributed by atoms with Crippen molar-refractivity contribution < 1.29 is 31.1 Å². The van der Waals surface area contributed by atoms with Crippen LogP contribution >= 0.6 is 23.2 Å². The molecule has 2 aromatic heterocycles. The highest BCUT2D eigenvalue weighted by Crippen LogP contribution is 2.38. The smallest absolute Gasteiger partial charge is 0.383 e. The largest absolute Gasteiger partial charge is 0.416 e. The standard InChI is InChI=1S/C27H26Cl2F6N8O/c1-41-12-17(9-39-41)16-7-37-25(38-8-16)43(11-15-3-18(26(30,31)32)5-19(4-15)27(33,34)35)20-6-21(14-44-2)42(13-20)23-22(28)10-36-24(29)40-23/h3-5,7-10,12,20-21,25,37H,6,11,13-14H2,1-2H3/t20?,21-,25?/m0/s1. The number of hydrogen-bond acceptors (Lipinski definition) is 8. The first kappa shape index (κ1) is 32.0. The van der Waals surface area contributed by atoms with E-state index in [1.54, 1.807) is 41.4 Å². The Morgan fingerprint density at radius 1 is 1.07 bits per heavy atom. The molecule has 0 radical (unpaired) electrons. The molecule has 2 unspecified atom stereocenters. The van der Waals surface area contributed by atoms with Crippen LogP contribution in [0.4, 0.5) is 32.2 Å². The fourth-order valence-corrected chi connectivity index (χ4v) is 5.65. The maximum Gasteiger partial charge on any atom is 0.416 e. The number of alkyl halides is 6. The summed E-state index contributed by atoms with van der Waals surface area (Å²) in [6.07, 6.45) is -2.39. The Labute approximate surface area is 258 Å². The lowest BCUT2D eigenvalue weighted by Crippen LogP contribution is -2.49. The van der Waals surface area contributed by atoms with Gasteiger partial charge in [-0.1, -0.05) is 11.6 Å². The number of halogens is 8. The van der Waals surface area contributed by atoms with Crippen LogP contribution in [0.25, 0.3) is 5.57 Å². The second-order valence-corrected chi connectivity index (χ2v) is 11.1. The van der Waals surface area contributed by atoms with Crippen LogP contribution in [0.3, 0.4) is 0 Å². The van der Waals surface area contributed by atoms with Gasteiger partial charge in [0.15, 0.2) is 12.1 Å². The Morgan fingerprint density at radius 3 is 2.34 bits per heavy atom. The van der Waals surface area contributed by atoms with Gasteiger partial charge in [0.2, 0.25) is 5.28 Å². The van der Waals surface area contributed by atoms with E-state index >= 15 is 0 Å². The number of methoxy groups -OCH3 is 1. The first-order valence-electron chi connectivity index (χ1n) is 13.2. The minimum absolute atomic E-state index is 0.0452. The molecule has 0 spiro atoms. The summed E-state index contributed by atoms with van der Waals surface area (Å²) < 4.78 is 89.2. The normalized spacial score (nSPS) is 20.8. The lowest BCUT2D eigenvalue weighted by atomic mass is 10.0. The summed E-state index contributed by atoms with van der Waals surface area (Å²) >= 11 is 12.4. The molecular weight excluding hydrogens is 637 g/mol. The molecule has 4 heterocycles. The van der Waals surface area contributed by atoms with Crippen LogP contribution in [0.5, 0.6) is 0 Å². The molecule has 3 atom stereocenters. The van der Waals surface area contributed by atoms with E-state index in [4.69, 9.17) is 27.9 Å². The van der Waals surface area contributed by atoms with Gasteiger partial charge in [0, 0.05) is 63.0 Å². The molecule has 0 saturated carbocycles. The van der Waals surface area contributed by atoms with Gasteiger partial charge in [-0.15, -0.1) is 0 Å². The number of rotatable bonds is 8. The minimum Gasteiger partial charge on any atom is -0.383 e. The third-order valence-electron chi connectivity index (χ3n) is 7.30. The van der Waals surface area contributed by atoms with Gasteiger partial charge in [0.25, 0.3) is 0 Å². The molecule has 5 rings (SSSR count). The molecule has 0 bridgehead atoms. The molecule has 1 N–H and O–H groups in total. The van der Waals surface area contributed by atoms with Crippen molar-refractivity contribution in [3.8, 4) is 0 Å². The highest BCUT2D eigenvalue weighted by molar-refractivity contribution is 6.33. The first-order valence-corrected chi connectivity index (χ1v) is 13.9. The maximum atomic E-state index is 13.7. The van der Waals surface area contributed by atoms with Crippen LogP contribution in [0.1, 0.15) is 28.7 Å². The van der Waals surface area contributed by atoms with Crippen LogP contribution in [-0.4, -0.2) is 69.5 Å². The second-order valence-electron chi connectivity index (χ2n) is 10.4. The fourth-order valence-electron chi connectivity index (χ4n) is 5.32. The molecule has 3 aromatic rings. The number of allylic oxidation sites excluding steroid dienone is 1. The van der Waals surface area contributed by atoms with Gasteiger partial charge in [-0.3, -0.25) is 14.6 Å². The fraction of sp³-hybridized carbons (Fsp3) is 0.407. The Bertz CT molecular complexity index is 1530. The second kappa shape index (κ2) is 12.5. The zero-order chi connectivity index (χ0) is 31.8. The van der Waals surface area contributed by atoms with Crippen molar-refractivity contribution in [2.75, 3.05) is 25.2 Å². The lowest BCUT2D eigenvalue weighted by molar-refractivity contribution is -0.143. The number of ether oxygens (including phenoxy) is 1. The number of nitrogens with one attached hydrogen (secondary N) is 1. The van der Waals surface area contributed by atoms with E-state index in [2.05, 4.69) is 25.4 Å². The van der Waals surface area contributed by atoms with Crippen molar-refractivity contribution in [2.45, 2.75) is 43.7 Å². The van der Waals surface area contributed by atoms with E-state index in [1.807, 2.05) is 4.90 Å². The topological polar surface area (TPSA) is 83.7 Å². The Hall–Kier alpha value is -3.40. The first-order chi connectivity index (χ1) is 20.7. The van der Waals surface area contributed by atoms with Gasteiger partial charge in [-0.25, -0.2) is 4.98 Å². The van der Waals surface area contributed by atoms with Crippen LogP contribution < -0.4 is 10.2 Å². The molecule has 2 aliphatic rings. The summed E-state index contributed by atoms with van der Waals surface area (Å²) in [5, 5.41) is 7.46. The summed E-state index contributed by atoms with van der Waals surface area (Å²) in [7, 11) is 3.27. The lowest BCUT2D eigenvalue weighted by Gasteiger charge is -2.35. The number of aryl methyl sites for hydroxylation is 1. The number of benzene rings is 1. The van der Waals surface area contributed by atoms with E-state index in [0.29, 0.717) is 17.8 Å². The summed E-state index contributed by atoms with van der Waals surface area (Å²) in [4.78, 5) is 16.3. The van der Waals surface area contributed by atoms with E-state index in [9.17, 15) is 26.3 Å². The molecule has 236 valence electrons. The number of aromatic nitrogens is 4. The highest BCUT2D eigenvalue weighted by atomic mass is 35.5. The van der Waals surface area contributed by atoms with Crippen molar-refractivity contribution >= 4 is 40.8 Å². The quantitative estimate of drug-likeness (QED) is 0.247. The van der Waals surface area contributed by atoms with Gasteiger partial charge in [0.05, 0.1) is 36.2 Å². The van der Waals surface area contributed by atoms with E-state index in [0.717, 1.165) is 17.7 Å². The molecule has 1 saturated heterocycles. The predicted molar refractivity (Wildman–Crippen MR) is 152 cm³/mol. The zero-order valence-corrected chi connectivity index (χ0v) is 24.8. The molecule has 2 aliphatic heterocycles. The Morgan fingerprint density at radius 2 is 1.77 bits per heavy atom. The monoisotopic (exact) mass is 662 g/mol. The van der Waals surface area contributed by atoms with Gasteiger partial charge >= 0.3 is 12.4 Å². The molecule has 9 nitrogen and oxygen atoms in total. The van der Waals surface area contributed by atoms with E-state index in [-0.39, 0.29) is 47.7 Å². The maximum absolute atomic E-state index is 13.7. The summed E-state index contributed by atoms with van der Waals surface area (Å²) in [6.45, 7) is 0.171. The summed E-state index contributed by atoms with van der Waals surface area (Å²) in [5.41, 5.74) is -1.51. The molecule has 0 aliphatic carbocycles. The molecule has 1 aromatic carbocycles. The van der Waals surface area contributed by atoms with Crippen LogP contribution in [0.2, 0.25) is 10.3 Å². The molecule has 44 heavy (non-hydrogen) atoms. The van der Waals surface area contributed by atoms with Crippen molar-refractivity contribution in [1.82, 2.24) is 30.0 Å². The number of nitrogens with zero attached hydrogens (tertiary/aromatic N) is 7. The zero-order valence-electron chi connectivity index (χ0n) is 23.2. The van der Waals surface area contributed by atoms with Crippen molar-refractivity contribution in [3.63, 3.8) is 0 Å².